The maximum atomic E-state index is 13.0. The molecule has 1 N–H and O–H groups in total. The third-order valence-corrected chi connectivity index (χ3v) is 4.29. The Morgan fingerprint density at radius 2 is 1.80 bits per heavy atom. The van der Waals surface area contributed by atoms with Gasteiger partial charge in [-0.15, -0.1) is 10.2 Å². The normalized spacial score (nSPS) is 12.0. The number of carbonyl (C=O) groups is 1. The van der Waals surface area contributed by atoms with Crippen LogP contribution in [0.1, 0.15) is 34.6 Å². The van der Waals surface area contributed by atoms with Crippen molar-refractivity contribution in [3.63, 3.8) is 0 Å². The van der Waals surface area contributed by atoms with Crippen molar-refractivity contribution in [3.8, 4) is 11.1 Å². The van der Waals surface area contributed by atoms with Crippen molar-refractivity contribution in [3.05, 3.63) is 65.5 Å². The summed E-state index contributed by atoms with van der Waals surface area (Å²) in [5, 5.41) is 14.0. The highest BCUT2D eigenvalue weighted by Crippen LogP contribution is 2.27. The molecule has 3 rings (SSSR count). The molecule has 6 nitrogen and oxygen atoms in total. The first-order valence-corrected chi connectivity index (χ1v) is 8.21. The lowest BCUT2D eigenvalue weighted by Crippen LogP contribution is -2.31. The number of hydrogen-bond donors (Lipinski definition) is 1. The fourth-order valence-electron chi connectivity index (χ4n) is 2.94. The summed E-state index contributed by atoms with van der Waals surface area (Å²) < 4.78 is 0. The van der Waals surface area contributed by atoms with E-state index in [-0.39, 0.29) is 11.8 Å². The molecule has 128 valence electrons. The molecule has 0 bridgehead atoms. The fraction of sp³-hybridized carbons (Fsp3) is 0.263. The molecular weight excluding hydrogens is 314 g/mol. The van der Waals surface area contributed by atoms with Gasteiger partial charge < -0.3 is 4.90 Å². The molecule has 1 aromatic heterocycles. The molecule has 1 unspecified atom stereocenters. The molecule has 0 aliphatic rings. The summed E-state index contributed by atoms with van der Waals surface area (Å²) in [5.41, 5.74) is 3.86. The van der Waals surface area contributed by atoms with Gasteiger partial charge in [-0.25, -0.2) is 0 Å². The topological polar surface area (TPSA) is 74.8 Å². The highest BCUT2D eigenvalue weighted by molar-refractivity contribution is 6.01. The Morgan fingerprint density at radius 1 is 1.12 bits per heavy atom. The monoisotopic (exact) mass is 335 g/mol. The van der Waals surface area contributed by atoms with Gasteiger partial charge >= 0.3 is 0 Å². The van der Waals surface area contributed by atoms with E-state index in [1.807, 2.05) is 49.4 Å². The van der Waals surface area contributed by atoms with Crippen LogP contribution in [0.4, 0.5) is 0 Å². The van der Waals surface area contributed by atoms with Gasteiger partial charge in [0.15, 0.2) is 5.82 Å². The number of amides is 1. The first-order chi connectivity index (χ1) is 12.1. The molecule has 1 amide bonds. The summed E-state index contributed by atoms with van der Waals surface area (Å²) in [6.45, 7) is 4.54. The zero-order chi connectivity index (χ0) is 17.8. The van der Waals surface area contributed by atoms with E-state index < -0.39 is 0 Å². The largest absolute Gasteiger partial charge is 0.341 e. The van der Waals surface area contributed by atoms with Crippen molar-refractivity contribution in [2.24, 2.45) is 0 Å². The van der Waals surface area contributed by atoms with Gasteiger partial charge in [0, 0.05) is 25.1 Å². The average molecular weight is 335 g/mol. The summed E-state index contributed by atoms with van der Waals surface area (Å²) in [4.78, 5) is 14.7. The Hall–Kier alpha value is -3.02. The molecule has 0 aliphatic carbocycles. The highest BCUT2D eigenvalue weighted by Gasteiger charge is 2.20. The number of aryl methyl sites for hydroxylation is 1. The minimum atomic E-state index is -0.0193. The predicted molar refractivity (Wildman–Crippen MR) is 96.2 cm³/mol. The van der Waals surface area contributed by atoms with Gasteiger partial charge in [-0.1, -0.05) is 54.6 Å². The molecule has 0 saturated carbocycles. The van der Waals surface area contributed by atoms with E-state index >= 15 is 0 Å². The first-order valence-electron chi connectivity index (χ1n) is 8.21. The van der Waals surface area contributed by atoms with Gasteiger partial charge in [-0.2, -0.15) is 5.21 Å². The van der Waals surface area contributed by atoms with Crippen molar-refractivity contribution in [2.75, 3.05) is 13.6 Å². The molecule has 6 heteroatoms. The van der Waals surface area contributed by atoms with E-state index in [1.54, 1.807) is 11.9 Å². The van der Waals surface area contributed by atoms with Crippen molar-refractivity contribution in [2.45, 2.75) is 19.8 Å². The Kier molecular flexibility index (Phi) is 4.88. The molecule has 0 fully saturated rings. The number of carbonyl (C=O) groups excluding carboxylic acids is 1. The number of aromatic nitrogens is 4. The van der Waals surface area contributed by atoms with Crippen LogP contribution in [0.3, 0.4) is 0 Å². The Balaban J connectivity index is 1.86. The van der Waals surface area contributed by atoms with Gasteiger partial charge in [0.05, 0.1) is 0 Å². The van der Waals surface area contributed by atoms with Crippen LogP contribution in [0.2, 0.25) is 0 Å². The van der Waals surface area contributed by atoms with Crippen LogP contribution in [0.5, 0.6) is 0 Å². The maximum absolute atomic E-state index is 13.0. The van der Waals surface area contributed by atoms with E-state index in [1.165, 1.54) is 0 Å². The average Bonchev–Trinajstić information content (AvgIpc) is 3.16. The predicted octanol–water partition coefficient (Wildman–Crippen LogP) is 3.05. The van der Waals surface area contributed by atoms with Gasteiger partial charge in [0.25, 0.3) is 5.91 Å². The van der Waals surface area contributed by atoms with E-state index in [2.05, 4.69) is 33.6 Å². The number of rotatable bonds is 5. The van der Waals surface area contributed by atoms with Crippen LogP contribution >= 0.6 is 0 Å². The molecule has 3 aromatic rings. The minimum Gasteiger partial charge on any atom is -0.341 e. The number of aromatic amines is 1. The Labute approximate surface area is 146 Å². The second kappa shape index (κ2) is 7.25. The van der Waals surface area contributed by atoms with E-state index in [9.17, 15) is 4.79 Å². The lowest BCUT2D eigenvalue weighted by molar-refractivity contribution is 0.0788. The zero-order valence-electron chi connectivity index (χ0n) is 14.6. The van der Waals surface area contributed by atoms with Gasteiger partial charge in [0.2, 0.25) is 0 Å². The van der Waals surface area contributed by atoms with Crippen LogP contribution in [0.25, 0.3) is 11.1 Å². The molecule has 25 heavy (non-hydrogen) atoms. The van der Waals surface area contributed by atoms with Crippen LogP contribution in [-0.4, -0.2) is 45.0 Å². The zero-order valence-corrected chi connectivity index (χ0v) is 14.6. The molecule has 0 radical (unpaired) electrons. The fourth-order valence-corrected chi connectivity index (χ4v) is 2.94. The van der Waals surface area contributed by atoms with Crippen LogP contribution in [0, 0.1) is 6.92 Å². The summed E-state index contributed by atoms with van der Waals surface area (Å²) in [5.74, 6) is 0.583. The summed E-state index contributed by atoms with van der Waals surface area (Å²) in [6.07, 6.45) is 0. The number of tetrazole rings is 1. The Morgan fingerprint density at radius 3 is 2.48 bits per heavy atom. The van der Waals surface area contributed by atoms with Crippen molar-refractivity contribution in [1.82, 2.24) is 25.5 Å². The molecule has 1 atom stereocenters. The SMILES string of the molecule is Cc1ccccc1-c1ccccc1C(=O)N(C)CC(C)c1nn[nH]n1. The van der Waals surface area contributed by atoms with E-state index in [0.717, 1.165) is 16.7 Å². The summed E-state index contributed by atoms with van der Waals surface area (Å²) in [6, 6.07) is 15.8. The van der Waals surface area contributed by atoms with Crippen LogP contribution < -0.4 is 0 Å². The Bertz CT molecular complexity index is 860. The smallest absolute Gasteiger partial charge is 0.254 e. The standard InChI is InChI=1S/C19H21N5O/c1-13-8-4-5-9-15(13)16-10-6-7-11-17(16)19(25)24(3)12-14(2)18-20-22-23-21-18/h4-11,14H,12H2,1-3H3,(H,20,21,22,23). The molecule has 1 heterocycles. The van der Waals surface area contributed by atoms with E-state index in [4.69, 9.17) is 0 Å². The van der Waals surface area contributed by atoms with Crippen molar-refractivity contribution < 1.29 is 4.79 Å². The molecular formula is C19H21N5O. The van der Waals surface area contributed by atoms with Crippen LogP contribution in [0.15, 0.2) is 48.5 Å². The third-order valence-electron chi connectivity index (χ3n) is 4.29. The molecule has 2 aromatic carbocycles. The number of H-pyrrole nitrogens is 1. The lowest BCUT2D eigenvalue weighted by atomic mass is 9.95. The maximum Gasteiger partial charge on any atom is 0.254 e. The quantitative estimate of drug-likeness (QED) is 0.777. The first kappa shape index (κ1) is 16.8. The molecule has 0 saturated heterocycles. The van der Waals surface area contributed by atoms with Gasteiger partial charge in [-0.3, -0.25) is 4.79 Å². The van der Waals surface area contributed by atoms with E-state index in [0.29, 0.717) is 17.9 Å². The number of nitrogens with zero attached hydrogens (tertiary/aromatic N) is 4. The highest BCUT2D eigenvalue weighted by atomic mass is 16.2. The third kappa shape index (κ3) is 3.57. The second-order valence-corrected chi connectivity index (χ2v) is 6.22. The number of hydrogen-bond acceptors (Lipinski definition) is 4. The number of nitrogens with one attached hydrogen (secondary N) is 1. The summed E-state index contributed by atoms with van der Waals surface area (Å²) in [7, 11) is 1.80. The lowest BCUT2D eigenvalue weighted by Gasteiger charge is -2.21. The van der Waals surface area contributed by atoms with Crippen LogP contribution in [-0.2, 0) is 0 Å². The number of likely N-dealkylation sites (N-methyl/N-ethyl adjacent to an activating group) is 1. The minimum absolute atomic E-state index is 0.00155. The number of benzene rings is 2. The molecule has 0 aliphatic heterocycles. The second-order valence-electron chi connectivity index (χ2n) is 6.22. The van der Waals surface area contributed by atoms with Crippen molar-refractivity contribution in [1.29, 1.82) is 0 Å². The van der Waals surface area contributed by atoms with Gasteiger partial charge in [0.1, 0.15) is 0 Å². The van der Waals surface area contributed by atoms with Gasteiger partial charge in [-0.05, 0) is 29.7 Å². The van der Waals surface area contributed by atoms with Crippen molar-refractivity contribution >= 4 is 5.91 Å². The summed E-state index contributed by atoms with van der Waals surface area (Å²) >= 11 is 0. The molecule has 0 spiro atoms.